The molecule has 1 aliphatic heterocycles. The average Bonchev–Trinajstić information content (AvgIpc) is 2.93. The van der Waals surface area contributed by atoms with Crippen molar-refractivity contribution in [3.8, 4) is 0 Å². The van der Waals surface area contributed by atoms with Crippen LogP contribution in [-0.2, 0) is 4.79 Å². The summed E-state index contributed by atoms with van der Waals surface area (Å²) in [5, 5.41) is 19.6. The first-order valence-corrected chi connectivity index (χ1v) is 6.51. The molecule has 1 N–H and O–H groups in total. The van der Waals surface area contributed by atoms with Gasteiger partial charge in [-0.25, -0.2) is 4.79 Å². The van der Waals surface area contributed by atoms with Gasteiger partial charge < -0.3 is 10.0 Å². The van der Waals surface area contributed by atoms with Crippen molar-refractivity contribution < 1.29 is 19.6 Å². The highest BCUT2D eigenvalue weighted by molar-refractivity contribution is 7.17. The standard InChI is InChI=1S/C11H12N2O5S/c1-6-4-5-12(9(6)11(15)16)10(14)7-2-3-8(19-7)13(17)18/h2-3,6,9H,4-5H2,1H3,(H,15,16). The Balaban J connectivity index is 2.23. The maximum atomic E-state index is 12.2. The lowest BCUT2D eigenvalue weighted by atomic mass is 10.0. The molecule has 0 saturated carbocycles. The van der Waals surface area contributed by atoms with Crippen LogP contribution >= 0.6 is 11.3 Å². The Morgan fingerprint density at radius 1 is 1.53 bits per heavy atom. The van der Waals surface area contributed by atoms with Crippen molar-refractivity contribution in [3.05, 3.63) is 27.1 Å². The summed E-state index contributed by atoms with van der Waals surface area (Å²) in [6, 6.07) is 1.77. The molecule has 0 bridgehead atoms. The lowest BCUT2D eigenvalue weighted by molar-refractivity contribution is -0.380. The number of aliphatic carboxylic acids is 1. The van der Waals surface area contributed by atoms with Gasteiger partial charge in [0.15, 0.2) is 0 Å². The van der Waals surface area contributed by atoms with Crippen molar-refractivity contribution in [3.63, 3.8) is 0 Å². The number of likely N-dealkylation sites (tertiary alicyclic amines) is 1. The van der Waals surface area contributed by atoms with E-state index in [2.05, 4.69) is 0 Å². The van der Waals surface area contributed by atoms with E-state index in [0.29, 0.717) is 13.0 Å². The predicted molar refractivity (Wildman–Crippen MR) is 67.2 cm³/mol. The van der Waals surface area contributed by atoms with Crippen LogP contribution < -0.4 is 0 Å². The summed E-state index contributed by atoms with van der Waals surface area (Å²) < 4.78 is 0. The zero-order valence-corrected chi connectivity index (χ0v) is 10.9. The zero-order chi connectivity index (χ0) is 14.2. The summed E-state index contributed by atoms with van der Waals surface area (Å²) in [4.78, 5) is 34.9. The first kappa shape index (κ1) is 13.5. The molecule has 0 aliphatic carbocycles. The van der Waals surface area contributed by atoms with E-state index in [1.165, 1.54) is 17.0 Å². The third-order valence-corrected chi connectivity index (χ3v) is 4.22. The molecule has 1 aromatic heterocycles. The lowest BCUT2D eigenvalue weighted by Gasteiger charge is -2.22. The summed E-state index contributed by atoms with van der Waals surface area (Å²) in [7, 11) is 0. The van der Waals surface area contributed by atoms with Gasteiger partial charge in [0, 0.05) is 12.6 Å². The lowest BCUT2D eigenvalue weighted by Crippen LogP contribution is -2.42. The molecule has 0 spiro atoms. The van der Waals surface area contributed by atoms with Crippen molar-refractivity contribution >= 4 is 28.2 Å². The van der Waals surface area contributed by atoms with E-state index in [1.807, 2.05) is 0 Å². The number of amides is 1. The summed E-state index contributed by atoms with van der Waals surface area (Å²) in [6.45, 7) is 2.14. The van der Waals surface area contributed by atoms with Gasteiger partial charge in [-0.2, -0.15) is 0 Å². The molecule has 1 aromatic rings. The minimum atomic E-state index is -1.04. The number of carboxylic acids is 1. The fourth-order valence-electron chi connectivity index (χ4n) is 2.23. The second-order valence-electron chi connectivity index (χ2n) is 4.44. The maximum Gasteiger partial charge on any atom is 0.326 e. The Labute approximate surface area is 112 Å². The van der Waals surface area contributed by atoms with Gasteiger partial charge in [-0.05, 0) is 18.4 Å². The SMILES string of the molecule is CC1CCN(C(=O)c2ccc([N+](=O)[O-])s2)C1C(=O)O. The summed E-state index contributed by atoms with van der Waals surface area (Å²) in [5.41, 5.74) is 0. The van der Waals surface area contributed by atoms with Crippen LogP contribution in [0.3, 0.4) is 0 Å². The third kappa shape index (κ3) is 2.43. The molecule has 0 aromatic carbocycles. The summed E-state index contributed by atoms with van der Waals surface area (Å²) >= 11 is 0.768. The first-order chi connectivity index (χ1) is 8.91. The number of rotatable bonds is 3. The Kier molecular flexibility index (Phi) is 3.52. The fraction of sp³-hybridized carbons (Fsp3) is 0.455. The van der Waals surface area contributed by atoms with Gasteiger partial charge in [-0.1, -0.05) is 18.3 Å². The van der Waals surface area contributed by atoms with Crippen molar-refractivity contribution in [2.45, 2.75) is 19.4 Å². The van der Waals surface area contributed by atoms with E-state index in [4.69, 9.17) is 5.11 Å². The van der Waals surface area contributed by atoms with Gasteiger partial charge in [0.1, 0.15) is 6.04 Å². The molecule has 0 radical (unpaired) electrons. The van der Waals surface area contributed by atoms with Crippen molar-refractivity contribution in [1.29, 1.82) is 0 Å². The Morgan fingerprint density at radius 2 is 2.21 bits per heavy atom. The van der Waals surface area contributed by atoms with Crippen LogP contribution in [-0.4, -0.2) is 39.4 Å². The molecule has 1 saturated heterocycles. The first-order valence-electron chi connectivity index (χ1n) is 5.70. The number of nitrogens with zero attached hydrogens (tertiary/aromatic N) is 2. The van der Waals surface area contributed by atoms with Crippen LogP contribution in [0.15, 0.2) is 12.1 Å². The van der Waals surface area contributed by atoms with E-state index >= 15 is 0 Å². The summed E-state index contributed by atoms with van der Waals surface area (Å²) in [6.07, 6.45) is 0.621. The number of hydrogen-bond acceptors (Lipinski definition) is 5. The van der Waals surface area contributed by atoms with Crippen LogP contribution in [0.1, 0.15) is 23.0 Å². The van der Waals surface area contributed by atoms with Crippen LogP contribution in [0, 0.1) is 16.0 Å². The number of carboxylic acid groups (broad SMARTS) is 1. The molecule has 1 amide bonds. The molecule has 2 heterocycles. The highest BCUT2D eigenvalue weighted by Crippen LogP contribution is 2.30. The van der Waals surface area contributed by atoms with Gasteiger partial charge in [0.25, 0.3) is 5.91 Å². The average molecular weight is 284 g/mol. The second-order valence-corrected chi connectivity index (χ2v) is 5.50. The van der Waals surface area contributed by atoms with E-state index in [0.717, 1.165) is 11.3 Å². The quantitative estimate of drug-likeness (QED) is 0.671. The second kappa shape index (κ2) is 4.96. The Hall–Kier alpha value is -1.96. The minimum absolute atomic E-state index is 0.114. The van der Waals surface area contributed by atoms with Crippen LogP contribution in [0.2, 0.25) is 0 Å². The van der Waals surface area contributed by atoms with Gasteiger partial charge >= 0.3 is 11.0 Å². The van der Waals surface area contributed by atoms with Gasteiger partial charge in [-0.3, -0.25) is 14.9 Å². The highest BCUT2D eigenvalue weighted by atomic mass is 32.1. The molecular weight excluding hydrogens is 272 g/mol. The molecule has 7 nitrogen and oxygen atoms in total. The van der Waals surface area contributed by atoms with Crippen LogP contribution in [0.25, 0.3) is 0 Å². The maximum absolute atomic E-state index is 12.2. The van der Waals surface area contributed by atoms with Crippen molar-refractivity contribution in [2.24, 2.45) is 5.92 Å². The topological polar surface area (TPSA) is 101 Å². The molecule has 19 heavy (non-hydrogen) atoms. The predicted octanol–water partition coefficient (Wildman–Crippen LogP) is 1.59. The number of carbonyl (C=O) groups excluding carboxylic acids is 1. The van der Waals surface area contributed by atoms with Gasteiger partial charge in [0.05, 0.1) is 9.80 Å². The van der Waals surface area contributed by atoms with E-state index in [-0.39, 0.29) is 15.8 Å². The minimum Gasteiger partial charge on any atom is -0.480 e. The molecule has 1 fully saturated rings. The number of nitro groups is 1. The monoisotopic (exact) mass is 284 g/mol. The third-order valence-electron chi connectivity index (χ3n) is 3.20. The molecule has 1 aliphatic rings. The molecule has 2 atom stereocenters. The molecule has 2 rings (SSSR count). The van der Waals surface area contributed by atoms with E-state index in [1.54, 1.807) is 6.92 Å². The van der Waals surface area contributed by atoms with Gasteiger partial charge in [-0.15, -0.1) is 0 Å². The zero-order valence-electron chi connectivity index (χ0n) is 10.1. The van der Waals surface area contributed by atoms with Crippen molar-refractivity contribution in [1.82, 2.24) is 4.90 Å². The normalized spacial score (nSPS) is 22.5. The number of carbonyl (C=O) groups is 2. The van der Waals surface area contributed by atoms with Crippen molar-refractivity contribution in [2.75, 3.05) is 6.54 Å². The Morgan fingerprint density at radius 3 is 2.74 bits per heavy atom. The summed E-state index contributed by atoms with van der Waals surface area (Å²) in [5.74, 6) is -1.60. The molecule has 2 unspecified atom stereocenters. The highest BCUT2D eigenvalue weighted by Gasteiger charge is 2.40. The van der Waals surface area contributed by atoms with Gasteiger partial charge in [0.2, 0.25) is 0 Å². The van der Waals surface area contributed by atoms with E-state index in [9.17, 15) is 19.7 Å². The van der Waals surface area contributed by atoms with Crippen LogP contribution in [0.4, 0.5) is 5.00 Å². The molecular formula is C11H12N2O5S. The fourth-order valence-corrected chi connectivity index (χ4v) is 3.01. The largest absolute Gasteiger partial charge is 0.480 e. The van der Waals surface area contributed by atoms with E-state index < -0.39 is 22.8 Å². The number of thiophene rings is 1. The Bertz CT molecular complexity index is 541. The smallest absolute Gasteiger partial charge is 0.326 e. The van der Waals surface area contributed by atoms with Crippen LogP contribution in [0.5, 0.6) is 0 Å². The molecule has 8 heteroatoms. The molecule has 102 valence electrons. The number of hydrogen-bond donors (Lipinski definition) is 1.